The lowest BCUT2D eigenvalue weighted by Crippen LogP contribution is -2.42. The van der Waals surface area contributed by atoms with Gasteiger partial charge in [0.15, 0.2) is 0 Å². The van der Waals surface area contributed by atoms with Crippen molar-refractivity contribution in [1.82, 2.24) is 10.5 Å². The van der Waals surface area contributed by atoms with Crippen LogP contribution < -0.4 is 10.6 Å². The van der Waals surface area contributed by atoms with E-state index in [9.17, 15) is 15.0 Å². The van der Waals surface area contributed by atoms with Gasteiger partial charge in [0.25, 0.3) is 0 Å². The Balaban J connectivity index is 0.000000327. The quantitative estimate of drug-likeness (QED) is 0.139. The summed E-state index contributed by atoms with van der Waals surface area (Å²) in [7, 11) is 0. The number of carbonyl (C=O) groups excluding carboxylic acids is 1. The highest BCUT2D eigenvalue weighted by molar-refractivity contribution is 5.90. The molecule has 0 aliphatic carbocycles. The fraction of sp³-hybridized carbons (Fsp3) is 0.571. The third kappa shape index (κ3) is 11.5. The molecule has 1 saturated heterocycles. The van der Waals surface area contributed by atoms with E-state index in [4.69, 9.17) is 26.7 Å². The Morgan fingerprint density at radius 1 is 1.29 bits per heavy atom. The largest absolute Gasteiger partial charge is 0.508 e. The highest BCUT2D eigenvalue weighted by Gasteiger charge is 2.28. The van der Waals surface area contributed by atoms with E-state index in [1.807, 2.05) is 6.92 Å². The maximum atomic E-state index is 11.6. The highest BCUT2D eigenvalue weighted by Crippen LogP contribution is 2.20. The first-order valence-electron chi connectivity index (χ1n) is 10.1. The average molecular weight is 440 g/mol. The number of carbonyl (C=O) groups is 1. The lowest BCUT2D eigenvalue weighted by molar-refractivity contribution is -0.309. The number of aryl methyl sites for hydroxylation is 1. The maximum absolute atomic E-state index is 11.6. The molecule has 7 N–H and O–H groups in total. The summed E-state index contributed by atoms with van der Waals surface area (Å²) in [5.41, 5.74) is 1.51. The molecule has 1 heterocycles. The lowest BCUT2D eigenvalue weighted by atomic mass is 10.0. The van der Waals surface area contributed by atoms with E-state index in [-0.39, 0.29) is 36.3 Å². The molecule has 0 spiro atoms. The minimum atomic E-state index is -0.824. The molecule has 2 rings (SSSR count). The number of hydrogen-bond donors (Lipinski definition) is 7. The van der Waals surface area contributed by atoms with Crippen LogP contribution >= 0.6 is 0 Å². The molecule has 174 valence electrons. The van der Waals surface area contributed by atoms with Crippen LogP contribution in [0.1, 0.15) is 37.7 Å². The summed E-state index contributed by atoms with van der Waals surface area (Å²) in [6.45, 7) is 2.59. The molecule has 31 heavy (non-hydrogen) atoms. The van der Waals surface area contributed by atoms with Gasteiger partial charge in [-0.05, 0) is 49.9 Å². The van der Waals surface area contributed by atoms with Gasteiger partial charge in [-0.15, -0.1) is 12.3 Å². The molecule has 3 unspecified atom stereocenters. The number of aliphatic hydroxyl groups is 2. The number of aromatic hydroxyl groups is 1. The Morgan fingerprint density at radius 2 is 2.03 bits per heavy atom. The zero-order valence-electron chi connectivity index (χ0n) is 17.7. The normalized spacial score (nSPS) is 20.4. The van der Waals surface area contributed by atoms with Gasteiger partial charge in [-0.2, -0.15) is 0 Å². The number of urea groups is 1. The van der Waals surface area contributed by atoms with Crippen molar-refractivity contribution in [3.8, 4) is 18.1 Å². The second kappa shape index (κ2) is 14.6. The molecule has 10 heteroatoms. The molecule has 0 saturated carbocycles. The van der Waals surface area contributed by atoms with Crippen molar-refractivity contribution in [3.63, 3.8) is 0 Å². The summed E-state index contributed by atoms with van der Waals surface area (Å²) in [6.07, 6.45) is 6.57. The molecule has 1 fully saturated rings. The van der Waals surface area contributed by atoms with Crippen LogP contribution in [0.2, 0.25) is 0 Å². The van der Waals surface area contributed by atoms with Crippen LogP contribution in [-0.4, -0.2) is 75.0 Å². The fourth-order valence-electron chi connectivity index (χ4n) is 2.81. The molecule has 0 bridgehead atoms. The van der Waals surface area contributed by atoms with E-state index in [1.165, 1.54) is 6.07 Å². The molecule has 0 aromatic heterocycles. The van der Waals surface area contributed by atoms with E-state index in [0.717, 1.165) is 24.8 Å². The van der Waals surface area contributed by atoms with Crippen LogP contribution in [0.4, 0.5) is 10.5 Å². The third-order valence-corrected chi connectivity index (χ3v) is 4.59. The number of nitrogens with one attached hydrogen (secondary N) is 2. The lowest BCUT2D eigenvalue weighted by Gasteiger charge is -2.30. The van der Waals surface area contributed by atoms with Gasteiger partial charge in [-0.3, -0.25) is 10.4 Å². The Bertz CT molecular complexity index is 709. The molecule has 1 aromatic rings. The number of hydrogen-bond acceptors (Lipinski definition) is 8. The zero-order chi connectivity index (χ0) is 23.2. The number of phenolic OH excluding ortho intramolecular Hbond substituents is 1. The Kier molecular flexibility index (Phi) is 12.5. The zero-order valence-corrected chi connectivity index (χ0v) is 17.7. The first kappa shape index (κ1) is 26.6. The summed E-state index contributed by atoms with van der Waals surface area (Å²) in [6, 6.07) is 4.56. The molecule has 3 atom stereocenters. The minimum absolute atomic E-state index is 0.0630. The molecule has 1 aliphatic rings. The van der Waals surface area contributed by atoms with E-state index < -0.39 is 12.2 Å². The number of aliphatic hydroxyl groups excluding tert-OH is 2. The van der Waals surface area contributed by atoms with Crippen molar-refractivity contribution in [2.24, 2.45) is 0 Å². The number of hydroxylamine groups is 2. The van der Waals surface area contributed by atoms with Crippen LogP contribution in [0.25, 0.3) is 0 Å². The van der Waals surface area contributed by atoms with Crippen molar-refractivity contribution in [2.75, 3.05) is 25.0 Å². The molecular formula is C21H33N3O7. The molecule has 1 aromatic carbocycles. The second-order valence-corrected chi connectivity index (χ2v) is 7.25. The topological polar surface area (TPSA) is 155 Å². The molecular weight excluding hydrogens is 406 g/mol. The van der Waals surface area contributed by atoms with Crippen LogP contribution in [0, 0.1) is 19.3 Å². The fourth-order valence-corrected chi connectivity index (χ4v) is 2.81. The molecule has 0 radical (unpaired) electrons. The first-order chi connectivity index (χ1) is 14.7. The van der Waals surface area contributed by atoms with E-state index in [1.54, 1.807) is 12.1 Å². The standard InChI is InChI=1S/C14H18N2O2.C7H15NO5/c1-3-4-5-6-9-15-14(18)16-13-8-7-12(17)10-11(13)2;9-6-3-5(1-2-8(11)12)13-4-7(6)10/h1,7-8,10,17H,4-6,9H2,2H3,(H2,15,16,18);5-7,9-12H,1-4H2. The van der Waals surface area contributed by atoms with Gasteiger partial charge in [-0.1, -0.05) is 5.23 Å². The number of amides is 2. The van der Waals surface area contributed by atoms with Gasteiger partial charge in [0.1, 0.15) is 11.9 Å². The van der Waals surface area contributed by atoms with Gasteiger partial charge in [0, 0.05) is 25.1 Å². The number of terminal acetylenes is 1. The van der Waals surface area contributed by atoms with Crippen LogP contribution in [0.15, 0.2) is 18.2 Å². The summed E-state index contributed by atoms with van der Waals surface area (Å²) in [4.78, 5) is 11.6. The number of rotatable bonds is 8. The van der Waals surface area contributed by atoms with Gasteiger partial charge in [-0.25, -0.2) is 4.79 Å². The number of anilines is 1. The molecule has 2 amide bonds. The monoisotopic (exact) mass is 439 g/mol. The van der Waals surface area contributed by atoms with Gasteiger partial charge in [0.05, 0.1) is 25.4 Å². The van der Waals surface area contributed by atoms with E-state index in [0.29, 0.717) is 25.1 Å². The maximum Gasteiger partial charge on any atom is 0.319 e. The summed E-state index contributed by atoms with van der Waals surface area (Å²) >= 11 is 0. The van der Waals surface area contributed by atoms with Gasteiger partial charge in [0.2, 0.25) is 0 Å². The van der Waals surface area contributed by atoms with Crippen molar-refractivity contribution < 1.29 is 35.3 Å². The predicted octanol–water partition coefficient (Wildman–Crippen LogP) is 1.59. The van der Waals surface area contributed by atoms with Crippen LogP contribution in [-0.2, 0) is 4.74 Å². The summed E-state index contributed by atoms with van der Waals surface area (Å²) in [5.74, 6) is 2.74. The minimum Gasteiger partial charge on any atom is -0.508 e. The van der Waals surface area contributed by atoms with Crippen molar-refractivity contribution in [2.45, 2.75) is 57.3 Å². The summed E-state index contributed by atoms with van der Waals surface area (Å²) in [5, 5.41) is 50.0. The van der Waals surface area contributed by atoms with Crippen molar-refractivity contribution in [1.29, 1.82) is 0 Å². The van der Waals surface area contributed by atoms with Crippen molar-refractivity contribution >= 4 is 11.7 Å². The number of nitrogens with zero attached hydrogens (tertiary/aromatic N) is 1. The highest BCUT2D eigenvalue weighted by atomic mass is 16.8. The third-order valence-electron chi connectivity index (χ3n) is 4.59. The Hall–Kier alpha value is -2.39. The van der Waals surface area contributed by atoms with Crippen LogP contribution in [0.3, 0.4) is 0 Å². The Morgan fingerprint density at radius 3 is 2.65 bits per heavy atom. The Labute approximate surface area is 182 Å². The second-order valence-electron chi connectivity index (χ2n) is 7.25. The van der Waals surface area contributed by atoms with Crippen molar-refractivity contribution in [3.05, 3.63) is 23.8 Å². The first-order valence-corrected chi connectivity index (χ1v) is 10.1. The van der Waals surface area contributed by atoms with Gasteiger partial charge < -0.3 is 30.7 Å². The molecule has 10 nitrogen and oxygen atoms in total. The SMILES string of the molecule is C#CCCCCNC(=O)Nc1ccc(O)cc1C.OC1COC(CCN(O)O)CC1O. The average Bonchev–Trinajstić information content (AvgIpc) is 2.71. The summed E-state index contributed by atoms with van der Waals surface area (Å²) < 4.78 is 5.15. The number of benzene rings is 1. The molecule has 1 aliphatic heterocycles. The van der Waals surface area contributed by atoms with Crippen LogP contribution in [0.5, 0.6) is 5.75 Å². The number of ether oxygens (including phenoxy) is 1. The predicted molar refractivity (Wildman–Crippen MR) is 114 cm³/mol. The smallest absolute Gasteiger partial charge is 0.319 e. The number of unbranched alkanes of at least 4 members (excludes halogenated alkanes) is 2. The number of phenols is 1. The van der Waals surface area contributed by atoms with E-state index >= 15 is 0 Å². The van der Waals surface area contributed by atoms with Gasteiger partial charge >= 0.3 is 6.03 Å². The van der Waals surface area contributed by atoms with E-state index in [2.05, 4.69) is 16.6 Å².